The Kier molecular flexibility index (Phi) is 2.98. The van der Waals surface area contributed by atoms with Crippen LogP contribution in [0.25, 0.3) is 11.3 Å². The second-order valence-corrected chi connectivity index (χ2v) is 4.67. The van der Waals surface area contributed by atoms with Crippen molar-refractivity contribution in [3.05, 3.63) is 28.8 Å². The van der Waals surface area contributed by atoms with E-state index >= 15 is 0 Å². The van der Waals surface area contributed by atoms with Crippen LogP contribution in [0.1, 0.15) is 25.3 Å². The van der Waals surface area contributed by atoms with E-state index in [1.54, 1.807) is 12.1 Å². The highest BCUT2D eigenvalue weighted by Gasteiger charge is 2.13. The van der Waals surface area contributed by atoms with E-state index in [0.717, 1.165) is 5.56 Å². The highest BCUT2D eigenvalue weighted by Crippen LogP contribution is 2.37. The standard InChI is InChI=1S/C12H14ClN3O/c1-6(2)7-3-8(12(17)9(13)4-7)10-5-11(14)16-15-10/h3-6,17H,1-2H3,(H3,14,15,16). The monoisotopic (exact) mass is 251 g/mol. The number of aromatic amines is 1. The Balaban J connectivity index is 2.60. The Morgan fingerprint density at radius 1 is 1.35 bits per heavy atom. The van der Waals surface area contributed by atoms with Crippen molar-refractivity contribution < 1.29 is 5.11 Å². The molecule has 5 heteroatoms. The van der Waals surface area contributed by atoms with E-state index in [-0.39, 0.29) is 5.75 Å². The number of phenols is 1. The van der Waals surface area contributed by atoms with Crippen molar-refractivity contribution in [2.24, 2.45) is 0 Å². The number of benzene rings is 1. The highest BCUT2D eigenvalue weighted by molar-refractivity contribution is 6.32. The number of nitrogens with two attached hydrogens (primary N) is 1. The number of aromatic nitrogens is 2. The first-order valence-electron chi connectivity index (χ1n) is 5.32. The molecular weight excluding hydrogens is 238 g/mol. The summed E-state index contributed by atoms with van der Waals surface area (Å²) in [7, 11) is 0. The molecule has 0 bridgehead atoms. The normalized spacial score (nSPS) is 11.1. The minimum Gasteiger partial charge on any atom is -0.506 e. The van der Waals surface area contributed by atoms with Crippen molar-refractivity contribution in [1.82, 2.24) is 10.2 Å². The number of H-pyrrole nitrogens is 1. The third-order valence-corrected chi connectivity index (χ3v) is 2.93. The molecule has 0 aliphatic heterocycles. The summed E-state index contributed by atoms with van der Waals surface area (Å²) in [5, 5.41) is 16.9. The molecule has 90 valence electrons. The number of nitrogens with zero attached hydrogens (tertiary/aromatic N) is 1. The molecule has 0 atom stereocenters. The van der Waals surface area contributed by atoms with Gasteiger partial charge in [-0.2, -0.15) is 5.10 Å². The lowest BCUT2D eigenvalue weighted by molar-refractivity contribution is 0.477. The Morgan fingerprint density at radius 2 is 2.06 bits per heavy atom. The SMILES string of the molecule is CC(C)c1cc(Cl)c(O)c(-c2cc(N)n[nH]2)c1. The number of nitrogens with one attached hydrogen (secondary N) is 1. The summed E-state index contributed by atoms with van der Waals surface area (Å²) in [4.78, 5) is 0. The van der Waals surface area contributed by atoms with Crippen LogP contribution in [0.5, 0.6) is 5.75 Å². The number of aromatic hydroxyl groups is 1. The van der Waals surface area contributed by atoms with E-state index in [0.29, 0.717) is 28.0 Å². The molecule has 4 N–H and O–H groups in total. The van der Waals surface area contributed by atoms with Gasteiger partial charge in [0.15, 0.2) is 0 Å². The zero-order valence-electron chi connectivity index (χ0n) is 9.66. The van der Waals surface area contributed by atoms with Gasteiger partial charge in [-0.1, -0.05) is 25.4 Å². The van der Waals surface area contributed by atoms with Gasteiger partial charge in [0.1, 0.15) is 11.6 Å². The van der Waals surface area contributed by atoms with Crippen LogP contribution in [-0.4, -0.2) is 15.3 Å². The van der Waals surface area contributed by atoms with E-state index in [4.69, 9.17) is 17.3 Å². The third-order valence-electron chi connectivity index (χ3n) is 2.64. The van der Waals surface area contributed by atoms with Crippen LogP contribution >= 0.6 is 11.6 Å². The van der Waals surface area contributed by atoms with Crippen LogP contribution in [0.4, 0.5) is 5.82 Å². The molecule has 2 aromatic rings. The minimum atomic E-state index is 0.0414. The Labute approximate surface area is 104 Å². The number of rotatable bonds is 2. The quantitative estimate of drug-likeness (QED) is 0.768. The van der Waals surface area contributed by atoms with E-state index in [1.807, 2.05) is 6.07 Å². The van der Waals surface area contributed by atoms with Crippen LogP contribution in [0.2, 0.25) is 5.02 Å². The number of hydrogen-bond donors (Lipinski definition) is 3. The third kappa shape index (κ3) is 2.22. The van der Waals surface area contributed by atoms with Gasteiger partial charge in [0.05, 0.1) is 10.7 Å². The van der Waals surface area contributed by atoms with Crippen molar-refractivity contribution in [3.8, 4) is 17.0 Å². The van der Waals surface area contributed by atoms with Crippen molar-refractivity contribution in [2.45, 2.75) is 19.8 Å². The van der Waals surface area contributed by atoms with Crippen LogP contribution in [-0.2, 0) is 0 Å². The maximum Gasteiger partial charge on any atom is 0.145 e. The van der Waals surface area contributed by atoms with Gasteiger partial charge in [-0.3, -0.25) is 5.10 Å². The van der Waals surface area contributed by atoms with E-state index in [2.05, 4.69) is 24.0 Å². The summed E-state index contributed by atoms with van der Waals surface area (Å²) >= 11 is 6.00. The van der Waals surface area contributed by atoms with Gasteiger partial charge in [-0.15, -0.1) is 0 Å². The number of anilines is 1. The van der Waals surface area contributed by atoms with Crippen molar-refractivity contribution in [3.63, 3.8) is 0 Å². The van der Waals surface area contributed by atoms with E-state index in [9.17, 15) is 5.11 Å². The molecule has 0 saturated heterocycles. The minimum absolute atomic E-state index is 0.0414. The summed E-state index contributed by atoms with van der Waals surface area (Å²) in [6, 6.07) is 5.32. The molecule has 0 radical (unpaired) electrons. The second kappa shape index (κ2) is 4.30. The largest absolute Gasteiger partial charge is 0.506 e. The number of phenolic OH excluding ortho intramolecular Hbond substituents is 1. The fourth-order valence-electron chi connectivity index (χ4n) is 1.63. The average molecular weight is 252 g/mol. The first-order valence-corrected chi connectivity index (χ1v) is 5.70. The first-order chi connectivity index (χ1) is 7.99. The molecule has 0 unspecified atom stereocenters. The number of hydrogen-bond acceptors (Lipinski definition) is 3. The summed E-state index contributed by atoms with van der Waals surface area (Å²) in [6.45, 7) is 4.13. The molecule has 1 aromatic carbocycles. The lowest BCUT2D eigenvalue weighted by Gasteiger charge is -2.10. The first kappa shape index (κ1) is 11.8. The molecule has 2 rings (SSSR count). The summed E-state index contributed by atoms with van der Waals surface area (Å²) in [5.41, 5.74) is 7.87. The fraction of sp³-hybridized carbons (Fsp3) is 0.250. The van der Waals surface area contributed by atoms with E-state index in [1.165, 1.54) is 0 Å². The lowest BCUT2D eigenvalue weighted by Crippen LogP contribution is -1.90. The molecule has 0 aliphatic carbocycles. The molecule has 0 aliphatic rings. The number of nitrogen functional groups attached to an aromatic ring is 1. The van der Waals surface area contributed by atoms with Gasteiger partial charge in [0.2, 0.25) is 0 Å². The van der Waals surface area contributed by atoms with Gasteiger partial charge in [-0.25, -0.2) is 0 Å². The van der Waals surface area contributed by atoms with Gasteiger partial charge in [-0.05, 0) is 23.6 Å². The van der Waals surface area contributed by atoms with Gasteiger partial charge >= 0.3 is 0 Å². The molecule has 17 heavy (non-hydrogen) atoms. The predicted octanol–water partition coefficient (Wildman–Crippen LogP) is 3.14. The Bertz CT molecular complexity index is 549. The highest BCUT2D eigenvalue weighted by atomic mass is 35.5. The van der Waals surface area contributed by atoms with Crippen molar-refractivity contribution in [2.75, 3.05) is 5.73 Å². The maximum atomic E-state index is 9.95. The molecule has 0 saturated carbocycles. The second-order valence-electron chi connectivity index (χ2n) is 4.26. The smallest absolute Gasteiger partial charge is 0.145 e. The zero-order chi connectivity index (χ0) is 12.6. The van der Waals surface area contributed by atoms with Crippen LogP contribution < -0.4 is 5.73 Å². The average Bonchev–Trinajstić information content (AvgIpc) is 2.68. The number of halogens is 1. The molecule has 0 spiro atoms. The van der Waals surface area contributed by atoms with Gasteiger partial charge in [0.25, 0.3) is 0 Å². The zero-order valence-corrected chi connectivity index (χ0v) is 10.4. The Morgan fingerprint density at radius 3 is 2.59 bits per heavy atom. The molecule has 0 fully saturated rings. The van der Waals surface area contributed by atoms with Crippen molar-refractivity contribution >= 4 is 17.4 Å². The van der Waals surface area contributed by atoms with Gasteiger partial charge < -0.3 is 10.8 Å². The van der Waals surface area contributed by atoms with Gasteiger partial charge in [0, 0.05) is 11.6 Å². The summed E-state index contributed by atoms with van der Waals surface area (Å²) in [6.07, 6.45) is 0. The molecule has 0 amide bonds. The van der Waals surface area contributed by atoms with Crippen molar-refractivity contribution in [1.29, 1.82) is 0 Å². The maximum absolute atomic E-state index is 9.95. The van der Waals surface area contributed by atoms with Crippen LogP contribution in [0.15, 0.2) is 18.2 Å². The topological polar surface area (TPSA) is 74.9 Å². The summed E-state index contributed by atoms with van der Waals surface area (Å²) in [5.74, 6) is 0.748. The van der Waals surface area contributed by atoms with E-state index < -0.39 is 0 Å². The lowest BCUT2D eigenvalue weighted by atomic mass is 9.99. The van der Waals surface area contributed by atoms with Crippen LogP contribution in [0, 0.1) is 0 Å². The summed E-state index contributed by atoms with van der Waals surface area (Å²) < 4.78 is 0. The molecule has 4 nitrogen and oxygen atoms in total. The Hall–Kier alpha value is -1.68. The molecule has 1 heterocycles. The van der Waals surface area contributed by atoms with Crippen LogP contribution in [0.3, 0.4) is 0 Å². The molecular formula is C12H14ClN3O. The fourth-order valence-corrected chi connectivity index (χ4v) is 1.86. The predicted molar refractivity (Wildman–Crippen MR) is 69.2 cm³/mol. The molecule has 1 aromatic heterocycles.